The van der Waals surface area contributed by atoms with Crippen LogP contribution in [0, 0.1) is 0 Å². The first-order valence-corrected chi connectivity index (χ1v) is 4.01. The van der Waals surface area contributed by atoms with Gasteiger partial charge in [-0.15, -0.1) is 0 Å². The monoisotopic (exact) mass is 193 g/mol. The molecule has 0 aromatic rings. The molecule has 6 heteroatoms. The Morgan fingerprint density at radius 1 is 0.923 bits per heavy atom. The third-order valence-corrected chi connectivity index (χ3v) is 2.43. The van der Waals surface area contributed by atoms with Gasteiger partial charge in [-0.3, -0.25) is 0 Å². The maximum atomic E-state index is 9.37. The fourth-order valence-corrected chi connectivity index (χ4v) is 1.54. The molecule has 0 aliphatic heterocycles. The van der Waals surface area contributed by atoms with Gasteiger partial charge < -0.3 is 30.9 Å². The fraction of sp³-hybridized carbons (Fsp3) is 1.00. The average molecular weight is 193 g/mol. The molecule has 0 bridgehead atoms. The van der Waals surface area contributed by atoms with Gasteiger partial charge in [0.2, 0.25) is 0 Å². The molecule has 0 spiro atoms. The third kappa shape index (κ3) is 1.69. The second-order valence-electron chi connectivity index (χ2n) is 3.24. The van der Waals surface area contributed by atoms with E-state index in [-0.39, 0.29) is 0 Å². The number of rotatable bonds is 1. The summed E-state index contributed by atoms with van der Waals surface area (Å²) in [6.07, 6.45) is -6.30. The van der Waals surface area contributed by atoms with Crippen molar-refractivity contribution >= 4 is 0 Å². The van der Waals surface area contributed by atoms with Gasteiger partial charge in [0.15, 0.2) is 0 Å². The van der Waals surface area contributed by atoms with E-state index in [4.69, 9.17) is 10.5 Å². The second kappa shape index (κ2) is 3.87. The molecule has 78 valence electrons. The molecule has 1 aliphatic carbocycles. The maximum absolute atomic E-state index is 9.37. The summed E-state index contributed by atoms with van der Waals surface area (Å²) < 4.78 is 4.80. The molecular weight excluding hydrogens is 178 g/mol. The van der Waals surface area contributed by atoms with E-state index in [1.165, 1.54) is 7.11 Å². The van der Waals surface area contributed by atoms with Gasteiger partial charge in [-0.05, 0) is 0 Å². The molecule has 1 aliphatic rings. The van der Waals surface area contributed by atoms with E-state index in [1.807, 2.05) is 0 Å². The van der Waals surface area contributed by atoms with Crippen LogP contribution in [0.2, 0.25) is 0 Å². The zero-order valence-electron chi connectivity index (χ0n) is 7.24. The normalized spacial score (nSPS) is 52.2. The zero-order valence-corrected chi connectivity index (χ0v) is 7.24. The third-order valence-electron chi connectivity index (χ3n) is 2.43. The highest BCUT2D eigenvalue weighted by Crippen LogP contribution is 2.21. The van der Waals surface area contributed by atoms with E-state index < -0.39 is 36.6 Å². The minimum atomic E-state index is -1.43. The number of hydrogen-bond donors (Lipinski definition) is 5. The van der Waals surface area contributed by atoms with Crippen LogP contribution >= 0.6 is 0 Å². The van der Waals surface area contributed by atoms with Crippen molar-refractivity contribution in [2.45, 2.75) is 36.6 Å². The Labute approximate surface area is 75.6 Å². The van der Waals surface area contributed by atoms with Crippen molar-refractivity contribution in [2.75, 3.05) is 7.11 Å². The Morgan fingerprint density at radius 3 is 1.85 bits per heavy atom. The molecule has 0 amide bonds. The summed E-state index contributed by atoms with van der Waals surface area (Å²) in [5.74, 6) is 0. The molecule has 0 aromatic heterocycles. The molecule has 1 saturated carbocycles. The van der Waals surface area contributed by atoms with Gasteiger partial charge in [0.1, 0.15) is 30.5 Å². The minimum absolute atomic E-state index is 0.867. The number of nitrogens with two attached hydrogens (primary N) is 1. The van der Waals surface area contributed by atoms with E-state index in [0.29, 0.717) is 0 Å². The van der Waals surface area contributed by atoms with Gasteiger partial charge in [-0.25, -0.2) is 0 Å². The molecule has 6 N–H and O–H groups in total. The van der Waals surface area contributed by atoms with Crippen molar-refractivity contribution in [1.29, 1.82) is 0 Å². The first-order valence-electron chi connectivity index (χ1n) is 4.01. The van der Waals surface area contributed by atoms with Crippen molar-refractivity contribution in [2.24, 2.45) is 5.73 Å². The molecule has 6 nitrogen and oxygen atoms in total. The summed E-state index contributed by atoms with van der Waals surface area (Å²) in [6.45, 7) is 0. The van der Waals surface area contributed by atoms with Crippen molar-refractivity contribution in [3.8, 4) is 0 Å². The molecule has 0 radical (unpaired) electrons. The largest absolute Gasteiger partial charge is 0.389 e. The molecule has 1 fully saturated rings. The predicted molar refractivity (Wildman–Crippen MR) is 42.8 cm³/mol. The topological polar surface area (TPSA) is 116 Å². The lowest BCUT2D eigenvalue weighted by molar-refractivity contribution is -0.191. The van der Waals surface area contributed by atoms with Gasteiger partial charge in [0, 0.05) is 7.11 Å². The molecular formula is C7H15NO5. The molecule has 0 aromatic carbocycles. The van der Waals surface area contributed by atoms with Crippen molar-refractivity contribution < 1.29 is 25.2 Å². The smallest absolute Gasteiger partial charge is 0.111 e. The van der Waals surface area contributed by atoms with E-state index in [9.17, 15) is 20.4 Å². The SMILES string of the molecule is CO[C@@H]1[C@@H](N)[C@@H](O)[C@@H](O)[C@H](O)[C@H]1O. The Hall–Kier alpha value is -0.240. The van der Waals surface area contributed by atoms with Crippen molar-refractivity contribution in [3.05, 3.63) is 0 Å². The maximum Gasteiger partial charge on any atom is 0.111 e. The van der Waals surface area contributed by atoms with Gasteiger partial charge >= 0.3 is 0 Å². The molecule has 13 heavy (non-hydrogen) atoms. The zero-order chi connectivity index (χ0) is 10.2. The average Bonchev–Trinajstić information content (AvgIpc) is 2.13. The number of hydrogen-bond acceptors (Lipinski definition) is 6. The number of aliphatic hydroxyl groups is 4. The van der Waals surface area contributed by atoms with Crippen molar-refractivity contribution in [1.82, 2.24) is 0 Å². The lowest BCUT2D eigenvalue weighted by Crippen LogP contribution is -2.66. The van der Waals surface area contributed by atoms with E-state index >= 15 is 0 Å². The summed E-state index contributed by atoms with van der Waals surface area (Å²) in [5, 5.41) is 37.1. The highest BCUT2D eigenvalue weighted by Gasteiger charge is 2.47. The van der Waals surface area contributed by atoms with Crippen LogP contribution in [-0.4, -0.2) is 64.1 Å². The van der Waals surface area contributed by atoms with Crippen LogP contribution in [0.1, 0.15) is 0 Å². The molecule has 0 saturated heterocycles. The minimum Gasteiger partial charge on any atom is -0.389 e. The molecule has 0 unspecified atom stereocenters. The van der Waals surface area contributed by atoms with Gasteiger partial charge in [0.25, 0.3) is 0 Å². The molecule has 1 rings (SSSR count). The fourth-order valence-electron chi connectivity index (χ4n) is 1.54. The van der Waals surface area contributed by atoms with E-state index in [1.54, 1.807) is 0 Å². The first-order chi connectivity index (χ1) is 6.00. The quantitative estimate of drug-likeness (QED) is 0.299. The van der Waals surface area contributed by atoms with Crippen LogP contribution in [0.15, 0.2) is 0 Å². The summed E-state index contributed by atoms with van der Waals surface area (Å²) in [5.41, 5.74) is 5.47. The second-order valence-corrected chi connectivity index (χ2v) is 3.24. The summed E-state index contributed by atoms with van der Waals surface area (Å²) in [7, 11) is 1.31. The van der Waals surface area contributed by atoms with Gasteiger partial charge in [0.05, 0.1) is 6.04 Å². The standard InChI is InChI=1S/C7H15NO5/c1-13-7-2(8)3(9)4(10)5(11)6(7)12/h2-7,9-12H,8H2,1H3/t2-,3+,4+,5-,6+,7+/m0/s1. The number of methoxy groups -OCH3 is 1. The highest BCUT2D eigenvalue weighted by molar-refractivity contribution is 5.01. The van der Waals surface area contributed by atoms with Crippen LogP contribution in [0.5, 0.6) is 0 Å². The lowest BCUT2D eigenvalue weighted by Gasteiger charge is -2.41. The summed E-state index contributed by atoms with van der Waals surface area (Å²) in [4.78, 5) is 0. The number of aliphatic hydroxyl groups excluding tert-OH is 4. The highest BCUT2D eigenvalue weighted by atomic mass is 16.5. The van der Waals surface area contributed by atoms with E-state index in [2.05, 4.69) is 0 Å². The van der Waals surface area contributed by atoms with Crippen LogP contribution in [0.4, 0.5) is 0 Å². The Bertz CT molecular complexity index is 162. The van der Waals surface area contributed by atoms with Crippen LogP contribution in [0.3, 0.4) is 0 Å². The first kappa shape index (κ1) is 10.8. The Balaban J connectivity index is 2.79. The number of ether oxygens (including phenoxy) is 1. The van der Waals surface area contributed by atoms with Gasteiger partial charge in [-0.1, -0.05) is 0 Å². The van der Waals surface area contributed by atoms with Crippen molar-refractivity contribution in [3.63, 3.8) is 0 Å². The summed E-state index contributed by atoms with van der Waals surface area (Å²) in [6, 6.07) is -0.904. The van der Waals surface area contributed by atoms with Crippen LogP contribution in [-0.2, 0) is 4.74 Å². The van der Waals surface area contributed by atoms with Crippen LogP contribution in [0.25, 0.3) is 0 Å². The van der Waals surface area contributed by atoms with E-state index in [0.717, 1.165) is 0 Å². The molecule has 0 heterocycles. The van der Waals surface area contributed by atoms with Crippen LogP contribution < -0.4 is 5.73 Å². The molecule has 6 atom stereocenters. The lowest BCUT2D eigenvalue weighted by atomic mass is 9.83. The predicted octanol–water partition coefficient (Wildman–Crippen LogP) is -3.21. The summed E-state index contributed by atoms with van der Waals surface area (Å²) >= 11 is 0. The Kier molecular flexibility index (Phi) is 3.23. The Morgan fingerprint density at radius 2 is 1.38 bits per heavy atom. The van der Waals surface area contributed by atoms with Gasteiger partial charge in [-0.2, -0.15) is 0 Å².